The largest absolute Gasteiger partial charge is 0.475 e. The fourth-order valence-corrected chi connectivity index (χ4v) is 5.25. The van der Waals surface area contributed by atoms with Crippen LogP contribution in [-0.4, -0.2) is 16.8 Å². The van der Waals surface area contributed by atoms with Crippen molar-refractivity contribution >= 4 is 17.8 Å². The van der Waals surface area contributed by atoms with Crippen molar-refractivity contribution in [3.63, 3.8) is 0 Å². The van der Waals surface area contributed by atoms with E-state index >= 15 is 0 Å². The summed E-state index contributed by atoms with van der Waals surface area (Å²) in [5, 5.41) is 9.10. The molecular formula is C29H37NO3. The molecule has 1 atom stereocenters. The molecule has 4 nitrogen and oxygen atoms in total. The van der Waals surface area contributed by atoms with Gasteiger partial charge in [-0.05, 0) is 66.5 Å². The molecule has 4 rings (SSSR count). The van der Waals surface area contributed by atoms with E-state index in [1.807, 2.05) is 12.2 Å². The van der Waals surface area contributed by atoms with Gasteiger partial charge < -0.3 is 9.52 Å². The Bertz CT molecular complexity index is 1040. The molecular weight excluding hydrogens is 410 g/mol. The molecule has 1 unspecified atom stereocenters. The predicted octanol–water partition coefficient (Wildman–Crippen LogP) is 8.14. The van der Waals surface area contributed by atoms with Crippen molar-refractivity contribution in [1.82, 2.24) is 0 Å². The van der Waals surface area contributed by atoms with Crippen molar-refractivity contribution < 1.29 is 14.3 Å². The third kappa shape index (κ3) is 5.48. The van der Waals surface area contributed by atoms with Gasteiger partial charge in [0.05, 0.1) is 5.70 Å². The summed E-state index contributed by atoms with van der Waals surface area (Å²) in [7, 11) is 0. The number of carbonyl (C=O) groups is 1. The van der Waals surface area contributed by atoms with E-state index in [4.69, 9.17) is 14.5 Å². The summed E-state index contributed by atoms with van der Waals surface area (Å²) in [5.41, 5.74) is 6.73. The summed E-state index contributed by atoms with van der Waals surface area (Å²) < 4.78 is 5.40. The maximum Gasteiger partial charge on any atom is 0.371 e. The summed E-state index contributed by atoms with van der Waals surface area (Å²) >= 11 is 0. The molecule has 0 amide bonds. The van der Waals surface area contributed by atoms with Gasteiger partial charge in [-0.1, -0.05) is 71.4 Å². The minimum absolute atomic E-state index is 0.0392. The maximum absolute atomic E-state index is 11.1. The molecule has 33 heavy (non-hydrogen) atoms. The standard InChI is InChI=1S/C29H37NO3/c1-4-5-6-7-8-9-10-20-11-12-21(13-14-22-15-16-25(33-22)28(31)32)27-26(20)23-17-18-29(2,3)19-24(23)30-27/h11-16,20H,4-10,17-19H2,1-3H3,(H,31,32)/b14-13+. The van der Waals surface area contributed by atoms with Crippen LogP contribution in [0.1, 0.15) is 101 Å². The van der Waals surface area contributed by atoms with Crippen LogP contribution in [0.25, 0.3) is 6.08 Å². The zero-order chi connectivity index (χ0) is 23.4. The van der Waals surface area contributed by atoms with Gasteiger partial charge in [0.2, 0.25) is 5.76 Å². The van der Waals surface area contributed by atoms with E-state index in [2.05, 4.69) is 32.9 Å². The Labute approximate surface area is 197 Å². The molecule has 2 heterocycles. The van der Waals surface area contributed by atoms with Crippen molar-refractivity contribution in [2.75, 3.05) is 0 Å². The summed E-state index contributed by atoms with van der Waals surface area (Å²) in [6.07, 6.45) is 20.9. The lowest BCUT2D eigenvalue weighted by atomic mass is 9.72. The number of nitrogens with zero attached hydrogens (tertiary/aromatic N) is 1. The highest BCUT2D eigenvalue weighted by Gasteiger charge is 2.37. The highest BCUT2D eigenvalue weighted by Crippen LogP contribution is 2.47. The second kappa shape index (κ2) is 10.1. The molecule has 0 bridgehead atoms. The number of aliphatic imine (C=N–C) groups is 1. The average molecular weight is 448 g/mol. The summed E-state index contributed by atoms with van der Waals surface area (Å²) in [6, 6.07) is 3.19. The van der Waals surface area contributed by atoms with Crippen LogP contribution < -0.4 is 0 Å². The first-order valence-corrected chi connectivity index (χ1v) is 12.6. The minimum atomic E-state index is -1.05. The van der Waals surface area contributed by atoms with Gasteiger partial charge in [-0.2, -0.15) is 0 Å². The normalized spacial score (nSPS) is 21.5. The van der Waals surface area contributed by atoms with Crippen LogP contribution in [0.2, 0.25) is 0 Å². The Morgan fingerprint density at radius 1 is 1.18 bits per heavy atom. The summed E-state index contributed by atoms with van der Waals surface area (Å²) in [5.74, 6) is -0.0974. The SMILES string of the molecule is CCCCCCCCC1C=CC(/C=C/c2ccc(C(=O)O)o2)=C2N=C3CC(C)(C)CCC3=C21. The molecule has 0 aromatic carbocycles. The van der Waals surface area contributed by atoms with E-state index in [1.54, 1.807) is 6.07 Å². The molecule has 4 heteroatoms. The number of furan rings is 1. The highest BCUT2D eigenvalue weighted by molar-refractivity contribution is 6.06. The predicted molar refractivity (Wildman–Crippen MR) is 134 cm³/mol. The monoisotopic (exact) mass is 447 g/mol. The van der Waals surface area contributed by atoms with Crippen LogP contribution >= 0.6 is 0 Å². The number of aromatic carboxylic acids is 1. The van der Waals surface area contributed by atoms with Gasteiger partial charge in [0, 0.05) is 17.2 Å². The van der Waals surface area contributed by atoms with Crippen molar-refractivity contribution in [2.24, 2.45) is 16.3 Å². The Hall–Kier alpha value is -2.62. The number of hydrogen-bond donors (Lipinski definition) is 1. The molecule has 2 aliphatic carbocycles. The zero-order valence-corrected chi connectivity index (χ0v) is 20.3. The fourth-order valence-electron chi connectivity index (χ4n) is 5.25. The van der Waals surface area contributed by atoms with Crippen molar-refractivity contribution in [2.45, 2.75) is 85.0 Å². The molecule has 1 fully saturated rings. The molecule has 176 valence electrons. The topological polar surface area (TPSA) is 62.8 Å². The Balaban J connectivity index is 1.56. The number of allylic oxidation sites excluding steroid dienone is 6. The third-order valence-electron chi connectivity index (χ3n) is 7.16. The Kier molecular flexibility index (Phi) is 7.21. The molecule has 0 spiro atoms. The lowest BCUT2D eigenvalue weighted by Gasteiger charge is -2.31. The van der Waals surface area contributed by atoms with Gasteiger partial charge in [-0.15, -0.1) is 0 Å². The molecule has 1 N–H and O–H groups in total. The van der Waals surface area contributed by atoms with Crippen LogP contribution in [0.15, 0.2) is 62.2 Å². The number of unbranched alkanes of at least 4 members (excludes halogenated alkanes) is 5. The molecule has 0 radical (unpaired) electrons. The lowest BCUT2D eigenvalue weighted by Crippen LogP contribution is -2.24. The van der Waals surface area contributed by atoms with Crippen LogP contribution in [0.4, 0.5) is 0 Å². The summed E-state index contributed by atoms with van der Waals surface area (Å²) in [6.45, 7) is 6.95. The highest BCUT2D eigenvalue weighted by atomic mass is 16.4. The summed E-state index contributed by atoms with van der Waals surface area (Å²) in [4.78, 5) is 16.3. The number of carboxylic acids is 1. The van der Waals surface area contributed by atoms with E-state index < -0.39 is 5.97 Å². The van der Waals surface area contributed by atoms with Gasteiger partial charge in [-0.3, -0.25) is 4.99 Å². The Morgan fingerprint density at radius 2 is 1.97 bits per heavy atom. The maximum atomic E-state index is 11.1. The Morgan fingerprint density at radius 3 is 2.73 bits per heavy atom. The van der Waals surface area contributed by atoms with Crippen LogP contribution in [0.3, 0.4) is 0 Å². The number of carboxylic acid groups (broad SMARTS) is 1. The van der Waals surface area contributed by atoms with Gasteiger partial charge >= 0.3 is 5.97 Å². The molecule has 0 saturated heterocycles. The number of hydrogen-bond acceptors (Lipinski definition) is 3. The van der Waals surface area contributed by atoms with Gasteiger partial charge in [0.25, 0.3) is 0 Å². The van der Waals surface area contributed by atoms with Gasteiger partial charge in [0.1, 0.15) is 5.76 Å². The van der Waals surface area contributed by atoms with E-state index in [0.717, 1.165) is 24.1 Å². The van der Waals surface area contributed by atoms with Crippen molar-refractivity contribution in [1.29, 1.82) is 0 Å². The first-order chi connectivity index (χ1) is 15.9. The van der Waals surface area contributed by atoms with Gasteiger partial charge in [-0.25, -0.2) is 4.79 Å². The lowest BCUT2D eigenvalue weighted by molar-refractivity contribution is 0.0662. The van der Waals surface area contributed by atoms with Crippen LogP contribution in [-0.2, 0) is 0 Å². The van der Waals surface area contributed by atoms with E-state index in [1.165, 1.54) is 74.3 Å². The van der Waals surface area contributed by atoms with Crippen molar-refractivity contribution in [3.05, 3.63) is 64.3 Å². The average Bonchev–Trinajstić information content (AvgIpc) is 3.39. The van der Waals surface area contributed by atoms with Crippen LogP contribution in [0, 0.1) is 11.3 Å². The zero-order valence-electron chi connectivity index (χ0n) is 20.3. The molecule has 1 aliphatic heterocycles. The molecule has 3 aliphatic rings. The quantitative estimate of drug-likeness (QED) is 0.368. The molecule has 1 aromatic rings. The first kappa shape index (κ1) is 23.5. The minimum Gasteiger partial charge on any atom is -0.475 e. The van der Waals surface area contributed by atoms with E-state index in [0.29, 0.717) is 17.1 Å². The van der Waals surface area contributed by atoms with E-state index in [9.17, 15) is 4.79 Å². The first-order valence-electron chi connectivity index (χ1n) is 12.6. The smallest absolute Gasteiger partial charge is 0.371 e. The second-order valence-corrected chi connectivity index (χ2v) is 10.5. The molecule has 1 aromatic heterocycles. The van der Waals surface area contributed by atoms with Gasteiger partial charge in [0.15, 0.2) is 0 Å². The number of rotatable bonds is 10. The third-order valence-corrected chi connectivity index (χ3v) is 7.16. The van der Waals surface area contributed by atoms with Crippen LogP contribution in [0.5, 0.6) is 0 Å². The van der Waals surface area contributed by atoms with Crippen molar-refractivity contribution in [3.8, 4) is 0 Å². The van der Waals surface area contributed by atoms with E-state index in [-0.39, 0.29) is 5.76 Å². The molecule has 1 saturated carbocycles. The number of fused-ring (bicyclic) bond motifs is 2. The second-order valence-electron chi connectivity index (χ2n) is 10.5. The fraction of sp³-hybridized carbons (Fsp3) is 0.517.